The second-order valence-corrected chi connectivity index (χ2v) is 5.19. The number of hydrogen-bond acceptors (Lipinski definition) is 5. The highest BCUT2D eigenvalue weighted by molar-refractivity contribution is 6.31. The number of hydrogen-bond donors (Lipinski definition) is 1. The molecule has 10 heteroatoms. The molecule has 114 valence electrons. The molecule has 0 bridgehead atoms. The lowest BCUT2D eigenvalue weighted by molar-refractivity contribution is 0.293. The Morgan fingerprint density at radius 2 is 2.14 bits per heavy atom. The molecule has 0 aliphatic heterocycles. The second-order valence-electron chi connectivity index (χ2n) is 4.38. The second kappa shape index (κ2) is 5.82. The molecule has 0 fully saturated rings. The minimum Gasteiger partial charge on any atom is -0.472 e. The molecule has 1 N–H and O–H groups in total. The van der Waals surface area contributed by atoms with Gasteiger partial charge in [0.2, 0.25) is 5.88 Å². The fourth-order valence-electron chi connectivity index (χ4n) is 1.85. The summed E-state index contributed by atoms with van der Waals surface area (Å²) >= 11 is 11.9. The van der Waals surface area contributed by atoms with Crippen molar-refractivity contribution in [1.82, 2.24) is 30.0 Å². The van der Waals surface area contributed by atoms with Crippen molar-refractivity contribution in [2.45, 2.75) is 6.61 Å². The topological polar surface area (TPSA) is 90.6 Å². The molecule has 0 spiro atoms. The van der Waals surface area contributed by atoms with Crippen LogP contribution in [0.3, 0.4) is 0 Å². The summed E-state index contributed by atoms with van der Waals surface area (Å²) in [6, 6.07) is 6.65. The zero-order valence-electron chi connectivity index (χ0n) is 11.3. The number of aryl methyl sites for hydroxylation is 1. The van der Waals surface area contributed by atoms with Gasteiger partial charge in [-0.25, -0.2) is 4.79 Å². The molecule has 0 radical (unpaired) electrons. The van der Waals surface area contributed by atoms with Crippen LogP contribution in [0.4, 0.5) is 0 Å². The number of nitrogens with zero attached hydrogens (tertiary/aromatic N) is 5. The number of aromatic amines is 1. The van der Waals surface area contributed by atoms with Crippen LogP contribution in [-0.2, 0) is 13.7 Å². The third kappa shape index (κ3) is 2.70. The molecule has 0 atom stereocenters. The SMILES string of the molecule is Cn1nnn(-c2cccc(Cl)c2COc2cc(Cl)[nH]n2)c1=O. The van der Waals surface area contributed by atoms with Gasteiger partial charge in [0, 0.05) is 23.7 Å². The summed E-state index contributed by atoms with van der Waals surface area (Å²) in [5, 5.41) is 14.7. The van der Waals surface area contributed by atoms with Crippen LogP contribution in [0.15, 0.2) is 29.1 Å². The lowest BCUT2D eigenvalue weighted by Crippen LogP contribution is -2.23. The Labute approximate surface area is 134 Å². The Balaban J connectivity index is 1.96. The van der Waals surface area contributed by atoms with Crippen molar-refractivity contribution in [3.05, 3.63) is 50.5 Å². The summed E-state index contributed by atoms with van der Waals surface area (Å²) < 4.78 is 7.80. The molecule has 0 amide bonds. The Hall–Kier alpha value is -2.32. The molecule has 0 saturated carbocycles. The zero-order chi connectivity index (χ0) is 15.7. The van der Waals surface area contributed by atoms with Crippen molar-refractivity contribution in [2.75, 3.05) is 0 Å². The van der Waals surface area contributed by atoms with Gasteiger partial charge in [0.05, 0.1) is 5.69 Å². The van der Waals surface area contributed by atoms with Crippen LogP contribution in [0.1, 0.15) is 5.56 Å². The molecular weight excluding hydrogens is 331 g/mol. The van der Waals surface area contributed by atoms with Crippen LogP contribution in [0, 0.1) is 0 Å². The number of rotatable bonds is 4. The van der Waals surface area contributed by atoms with Crippen LogP contribution in [0.5, 0.6) is 5.88 Å². The zero-order valence-corrected chi connectivity index (χ0v) is 12.8. The van der Waals surface area contributed by atoms with Crippen LogP contribution in [0.2, 0.25) is 10.2 Å². The van der Waals surface area contributed by atoms with Crippen molar-refractivity contribution in [1.29, 1.82) is 0 Å². The molecule has 2 aromatic heterocycles. The van der Waals surface area contributed by atoms with Gasteiger partial charge in [0.15, 0.2) is 0 Å². The first kappa shape index (κ1) is 14.6. The first-order chi connectivity index (χ1) is 10.6. The summed E-state index contributed by atoms with van der Waals surface area (Å²) in [4.78, 5) is 12.0. The smallest absolute Gasteiger partial charge is 0.368 e. The highest BCUT2D eigenvalue weighted by Crippen LogP contribution is 2.24. The van der Waals surface area contributed by atoms with E-state index in [2.05, 4.69) is 20.6 Å². The Morgan fingerprint density at radius 1 is 1.32 bits per heavy atom. The maximum Gasteiger partial charge on any atom is 0.368 e. The predicted octanol–water partition coefficient (Wildman–Crippen LogP) is 1.57. The summed E-state index contributed by atoms with van der Waals surface area (Å²) in [5.74, 6) is 0.322. The van der Waals surface area contributed by atoms with E-state index >= 15 is 0 Å². The summed E-state index contributed by atoms with van der Waals surface area (Å²) in [6.07, 6.45) is 0. The van der Waals surface area contributed by atoms with Crippen molar-refractivity contribution in [3.63, 3.8) is 0 Å². The van der Waals surface area contributed by atoms with E-state index < -0.39 is 0 Å². The Morgan fingerprint density at radius 3 is 2.77 bits per heavy atom. The third-order valence-electron chi connectivity index (χ3n) is 2.93. The molecule has 3 aromatic rings. The minimum absolute atomic E-state index is 0.0964. The van der Waals surface area contributed by atoms with Gasteiger partial charge in [0.25, 0.3) is 0 Å². The van der Waals surface area contributed by atoms with Gasteiger partial charge in [0.1, 0.15) is 11.8 Å². The molecule has 2 heterocycles. The van der Waals surface area contributed by atoms with Crippen LogP contribution >= 0.6 is 23.2 Å². The van der Waals surface area contributed by atoms with Gasteiger partial charge in [-0.1, -0.05) is 29.3 Å². The van der Waals surface area contributed by atoms with E-state index in [1.807, 2.05) is 0 Å². The van der Waals surface area contributed by atoms with Gasteiger partial charge in [-0.05, 0) is 22.6 Å². The molecule has 0 saturated heterocycles. The van der Waals surface area contributed by atoms with Crippen LogP contribution in [0.25, 0.3) is 5.69 Å². The van der Waals surface area contributed by atoms with Crippen LogP contribution < -0.4 is 10.4 Å². The quantitative estimate of drug-likeness (QED) is 0.778. The molecule has 3 rings (SSSR count). The third-order valence-corrected chi connectivity index (χ3v) is 3.48. The largest absolute Gasteiger partial charge is 0.472 e. The summed E-state index contributed by atoms with van der Waals surface area (Å²) in [5.41, 5.74) is 0.699. The van der Waals surface area contributed by atoms with E-state index in [0.29, 0.717) is 27.3 Å². The van der Waals surface area contributed by atoms with Crippen molar-refractivity contribution >= 4 is 23.2 Å². The first-order valence-corrected chi connectivity index (χ1v) is 6.92. The van der Waals surface area contributed by atoms with E-state index in [0.717, 1.165) is 9.36 Å². The molecule has 0 aliphatic carbocycles. The van der Waals surface area contributed by atoms with E-state index in [-0.39, 0.29) is 12.3 Å². The minimum atomic E-state index is -0.383. The molecule has 22 heavy (non-hydrogen) atoms. The van der Waals surface area contributed by atoms with Gasteiger partial charge >= 0.3 is 5.69 Å². The van der Waals surface area contributed by atoms with E-state index in [4.69, 9.17) is 27.9 Å². The highest BCUT2D eigenvalue weighted by Gasteiger charge is 2.14. The molecular formula is C12H10Cl2N6O2. The molecule has 8 nitrogen and oxygen atoms in total. The fraction of sp³-hybridized carbons (Fsp3) is 0.167. The predicted molar refractivity (Wildman–Crippen MR) is 79.5 cm³/mol. The molecule has 0 aliphatic rings. The fourth-order valence-corrected chi connectivity index (χ4v) is 2.21. The van der Waals surface area contributed by atoms with Crippen molar-refractivity contribution < 1.29 is 4.74 Å². The van der Waals surface area contributed by atoms with E-state index in [1.54, 1.807) is 18.2 Å². The van der Waals surface area contributed by atoms with Crippen LogP contribution in [-0.4, -0.2) is 30.0 Å². The van der Waals surface area contributed by atoms with Crippen molar-refractivity contribution in [3.8, 4) is 11.6 Å². The summed E-state index contributed by atoms with van der Waals surface area (Å²) in [7, 11) is 1.51. The first-order valence-electron chi connectivity index (χ1n) is 6.17. The van der Waals surface area contributed by atoms with E-state index in [1.165, 1.54) is 13.1 Å². The average molecular weight is 341 g/mol. The number of nitrogens with one attached hydrogen (secondary N) is 1. The Bertz CT molecular complexity index is 869. The standard InChI is InChI=1S/C12H10Cl2N6O2/c1-19-12(21)20(18-17-19)9-4-2-3-8(13)7(9)6-22-11-5-10(14)15-16-11/h2-5H,6H2,1H3,(H,15,16). The average Bonchev–Trinajstić information content (AvgIpc) is 3.05. The number of halogens is 2. The van der Waals surface area contributed by atoms with Gasteiger partial charge < -0.3 is 4.74 Å². The number of H-pyrrole nitrogens is 1. The summed E-state index contributed by atoms with van der Waals surface area (Å²) in [6.45, 7) is 0.0964. The van der Waals surface area contributed by atoms with Gasteiger partial charge in [-0.2, -0.15) is 9.36 Å². The monoisotopic (exact) mass is 340 g/mol. The number of benzene rings is 1. The molecule has 1 aromatic carbocycles. The number of ether oxygens (including phenoxy) is 1. The maximum atomic E-state index is 12.0. The lowest BCUT2D eigenvalue weighted by atomic mass is 10.2. The Kier molecular flexibility index (Phi) is 3.86. The number of tetrazole rings is 1. The number of aromatic nitrogens is 6. The van der Waals surface area contributed by atoms with Gasteiger partial charge in [-0.3, -0.25) is 5.10 Å². The normalized spacial score (nSPS) is 10.9. The molecule has 0 unspecified atom stereocenters. The highest BCUT2D eigenvalue weighted by atomic mass is 35.5. The van der Waals surface area contributed by atoms with Crippen molar-refractivity contribution in [2.24, 2.45) is 7.05 Å². The maximum absolute atomic E-state index is 12.0. The van der Waals surface area contributed by atoms with E-state index in [9.17, 15) is 4.79 Å². The lowest BCUT2D eigenvalue weighted by Gasteiger charge is -2.10. The van der Waals surface area contributed by atoms with Gasteiger partial charge in [-0.15, -0.1) is 5.10 Å².